The summed E-state index contributed by atoms with van der Waals surface area (Å²) in [7, 11) is 12.1. The van der Waals surface area contributed by atoms with Crippen molar-refractivity contribution in [1.82, 2.24) is 14.0 Å². The van der Waals surface area contributed by atoms with Crippen LogP contribution in [-0.2, 0) is 0 Å². The third-order valence-corrected chi connectivity index (χ3v) is 3.60. The van der Waals surface area contributed by atoms with Gasteiger partial charge < -0.3 is 0 Å². The van der Waals surface area contributed by atoms with Crippen LogP contribution in [0.2, 0.25) is 0 Å². The lowest BCUT2D eigenvalue weighted by Gasteiger charge is -2.25. The van der Waals surface area contributed by atoms with Gasteiger partial charge in [0, 0.05) is 74.1 Å². The Kier molecular flexibility index (Phi) is 10.2. The van der Waals surface area contributed by atoms with Crippen molar-refractivity contribution in [3.05, 3.63) is 0 Å². The Labute approximate surface area is 109 Å². The molecule has 0 aromatic carbocycles. The average Bonchev–Trinajstić information content (AvgIpc) is 1.77. The highest BCUT2D eigenvalue weighted by Gasteiger charge is 2.24. The number of halogens is 4. The van der Waals surface area contributed by atoms with Gasteiger partial charge in [0.05, 0.1) is 0 Å². The molecule has 0 aromatic rings. The largest absolute Gasteiger partial charge is 0.356 e. The quantitative estimate of drug-likeness (QED) is 0.556. The highest BCUT2D eigenvalue weighted by molar-refractivity contribution is 9.25. The zero-order valence-corrected chi connectivity index (χ0v) is 14.0. The Morgan fingerprint density at radius 3 is 0.933 bits per heavy atom. The van der Waals surface area contributed by atoms with E-state index in [2.05, 4.69) is 56.3 Å². The molecule has 94 valence electrons. The topological polar surface area (TPSA) is 9.72 Å². The number of alkyl halides is 4. The molecule has 0 heterocycles. The summed E-state index contributed by atoms with van der Waals surface area (Å²) in [5.74, 6) is 0. The first kappa shape index (κ1) is 18.5. The molecular formula is C7H19Br2F2N3P+. The van der Waals surface area contributed by atoms with Gasteiger partial charge in [-0.25, -0.2) is 0 Å². The zero-order chi connectivity index (χ0) is 12.8. The Bertz CT molecular complexity index is 140. The van der Waals surface area contributed by atoms with Crippen molar-refractivity contribution in [1.29, 1.82) is 0 Å². The fourth-order valence-electron chi connectivity index (χ4n) is 1.20. The van der Waals surface area contributed by atoms with E-state index >= 15 is 0 Å². The molecule has 0 aliphatic carbocycles. The van der Waals surface area contributed by atoms with Crippen LogP contribution in [0.4, 0.5) is 8.78 Å². The lowest BCUT2D eigenvalue weighted by atomic mass is 11.2. The second-order valence-electron chi connectivity index (χ2n) is 3.41. The molecule has 0 rings (SSSR count). The van der Waals surface area contributed by atoms with Gasteiger partial charge in [-0.05, 0) is 0 Å². The van der Waals surface area contributed by atoms with Crippen LogP contribution in [0, 0.1) is 0 Å². The van der Waals surface area contributed by atoms with E-state index in [1.807, 2.05) is 31.9 Å². The molecule has 0 bridgehead atoms. The summed E-state index contributed by atoms with van der Waals surface area (Å²) in [5.41, 5.74) is 0. The summed E-state index contributed by atoms with van der Waals surface area (Å²) < 4.78 is 25.6. The van der Waals surface area contributed by atoms with Crippen LogP contribution in [0.15, 0.2) is 0 Å². The van der Waals surface area contributed by atoms with Crippen molar-refractivity contribution in [3.63, 3.8) is 0 Å². The standard InChI is InChI=1S/C6H18N3P.CBr2F2/c1-7(2)10(8(3)4)9(5)6;2-1(3,4)5/h1-6H3;/p+1. The average molecular weight is 374 g/mol. The molecule has 0 amide bonds. The third-order valence-electron chi connectivity index (χ3n) is 1.20. The molecule has 0 spiro atoms. The summed E-state index contributed by atoms with van der Waals surface area (Å²) >= 11 is 3.92. The van der Waals surface area contributed by atoms with Crippen molar-refractivity contribution in [3.8, 4) is 0 Å². The third kappa shape index (κ3) is 15.1. The lowest BCUT2D eigenvalue weighted by Crippen LogP contribution is -2.25. The highest BCUT2D eigenvalue weighted by Crippen LogP contribution is 2.40. The maximum Gasteiger partial charge on any atom is 0.356 e. The predicted octanol–water partition coefficient (Wildman–Crippen LogP) is 2.96. The summed E-state index contributed by atoms with van der Waals surface area (Å²) in [6, 6.07) is 0. The van der Waals surface area contributed by atoms with Gasteiger partial charge in [-0.1, -0.05) is 0 Å². The maximum absolute atomic E-state index is 10.9. The van der Waals surface area contributed by atoms with Gasteiger partial charge in [-0.15, -0.1) is 0 Å². The molecule has 0 saturated carbocycles. The molecule has 0 fully saturated rings. The SMILES string of the molecule is CN(C)[PH+](N(C)C)N(C)C.FC(F)(Br)Br. The number of nitrogens with zero attached hydrogens (tertiary/aromatic N) is 3. The van der Waals surface area contributed by atoms with E-state index in [0.29, 0.717) is 0 Å². The number of hydrogen-bond acceptors (Lipinski definition) is 3. The van der Waals surface area contributed by atoms with Crippen LogP contribution in [-0.4, -0.2) is 60.0 Å². The first-order chi connectivity index (χ1) is 6.46. The van der Waals surface area contributed by atoms with Crippen molar-refractivity contribution in [2.75, 3.05) is 42.3 Å². The zero-order valence-electron chi connectivity index (χ0n) is 9.85. The van der Waals surface area contributed by atoms with Gasteiger partial charge in [-0.3, -0.25) is 0 Å². The Balaban J connectivity index is 0. The van der Waals surface area contributed by atoms with E-state index in [1.165, 1.54) is 0 Å². The minimum Gasteiger partial charge on any atom is -0.181 e. The normalized spacial score (nSPS) is 12.4. The Morgan fingerprint density at radius 2 is 0.933 bits per heavy atom. The van der Waals surface area contributed by atoms with Crippen LogP contribution in [0.25, 0.3) is 0 Å². The monoisotopic (exact) mass is 372 g/mol. The summed E-state index contributed by atoms with van der Waals surface area (Å²) in [6.45, 7) is 0. The molecule has 15 heavy (non-hydrogen) atoms. The van der Waals surface area contributed by atoms with E-state index in [9.17, 15) is 8.78 Å². The van der Waals surface area contributed by atoms with Crippen molar-refractivity contribution in [2.45, 2.75) is 3.74 Å². The van der Waals surface area contributed by atoms with Crippen LogP contribution < -0.4 is 0 Å². The van der Waals surface area contributed by atoms with Gasteiger partial charge in [-0.2, -0.15) is 22.8 Å². The van der Waals surface area contributed by atoms with Crippen LogP contribution in [0.5, 0.6) is 0 Å². The first-order valence-electron chi connectivity index (χ1n) is 4.11. The maximum atomic E-state index is 10.9. The Hall–Kier alpha value is 1.13. The fourth-order valence-corrected chi connectivity index (χ4v) is 3.60. The van der Waals surface area contributed by atoms with Crippen molar-refractivity contribution in [2.24, 2.45) is 0 Å². The van der Waals surface area contributed by atoms with Gasteiger partial charge in [0.25, 0.3) is 0 Å². The Morgan fingerprint density at radius 1 is 0.800 bits per heavy atom. The van der Waals surface area contributed by atoms with Gasteiger partial charge in [0.1, 0.15) is 0 Å². The van der Waals surface area contributed by atoms with Crippen molar-refractivity contribution < 1.29 is 8.78 Å². The number of hydrogen-bond donors (Lipinski definition) is 0. The minimum atomic E-state index is -2.88. The van der Waals surface area contributed by atoms with E-state index in [4.69, 9.17) is 0 Å². The van der Waals surface area contributed by atoms with Gasteiger partial charge >= 0.3 is 3.74 Å². The van der Waals surface area contributed by atoms with Crippen LogP contribution in [0.3, 0.4) is 0 Å². The molecule has 3 nitrogen and oxygen atoms in total. The first-order valence-corrected chi connectivity index (χ1v) is 7.04. The molecule has 0 aliphatic rings. The van der Waals surface area contributed by atoms with E-state index in [1.54, 1.807) is 0 Å². The van der Waals surface area contributed by atoms with Gasteiger partial charge in [0.15, 0.2) is 0 Å². The summed E-state index contributed by atoms with van der Waals surface area (Å²) in [4.78, 5) is 0. The minimum absolute atomic E-state index is 0.596. The van der Waals surface area contributed by atoms with E-state index in [0.717, 1.165) is 0 Å². The molecule has 0 unspecified atom stereocenters. The lowest BCUT2D eigenvalue weighted by molar-refractivity contribution is 0.229. The molecule has 8 heteroatoms. The van der Waals surface area contributed by atoms with Crippen molar-refractivity contribution >= 4 is 40.2 Å². The molecule has 0 atom stereocenters. The smallest absolute Gasteiger partial charge is 0.181 e. The molecule has 0 aromatic heterocycles. The second-order valence-corrected chi connectivity index (χ2v) is 9.75. The molecule has 0 saturated heterocycles. The second kappa shape index (κ2) is 8.25. The van der Waals surface area contributed by atoms with Crippen LogP contribution in [0.1, 0.15) is 0 Å². The summed E-state index contributed by atoms with van der Waals surface area (Å²) in [6.07, 6.45) is 0. The molecule has 0 aliphatic heterocycles. The van der Waals surface area contributed by atoms with Gasteiger partial charge in [0.2, 0.25) is 8.37 Å². The molecule has 0 N–H and O–H groups in total. The fraction of sp³-hybridized carbons (Fsp3) is 1.00. The molecule has 0 radical (unpaired) electrons. The van der Waals surface area contributed by atoms with E-state index in [-0.39, 0.29) is 0 Å². The summed E-state index contributed by atoms with van der Waals surface area (Å²) in [5, 5.41) is 0. The van der Waals surface area contributed by atoms with E-state index < -0.39 is 12.1 Å². The van der Waals surface area contributed by atoms with Crippen LogP contribution >= 0.6 is 40.2 Å². The molecular weight excluding hydrogens is 355 g/mol. The predicted molar refractivity (Wildman–Crippen MR) is 72.2 cm³/mol. The number of rotatable bonds is 3. The highest BCUT2D eigenvalue weighted by atomic mass is 79.9.